The summed E-state index contributed by atoms with van der Waals surface area (Å²) in [6, 6.07) is 14.4. The molecule has 0 saturated heterocycles. The number of nitrogens with zero attached hydrogens (tertiary/aromatic N) is 3. The average molecular weight is 352 g/mol. The first kappa shape index (κ1) is 18.4. The van der Waals surface area contributed by atoms with E-state index in [1.165, 1.54) is 24.8 Å². The van der Waals surface area contributed by atoms with Crippen LogP contribution in [0, 0.1) is 0 Å². The molecule has 3 rings (SSSR count). The van der Waals surface area contributed by atoms with Gasteiger partial charge < -0.3 is 10.1 Å². The second kappa shape index (κ2) is 9.34. The first-order valence-electron chi connectivity index (χ1n) is 9.52. The topological polar surface area (TPSA) is 51.5 Å². The first-order valence-corrected chi connectivity index (χ1v) is 9.52. The van der Waals surface area contributed by atoms with Crippen molar-refractivity contribution < 1.29 is 4.74 Å². The molecule has 0 radical (unpaired) electrons. The minimum Gasteiger partial charge on any atom is -0.494 e. The van der Waals surface area contributed by atoms with E-state index in [1.54, 1.807) is 0 Å². The molecule has 5 heteroatoms. The Hall–Kier alpha value is -2.40. The summed E-state index contributed by atoms with van der Waals surface area (Å²) in [6.07, 6.45) is 6.91. The fourth-order valence-corrected chi connectivity index (χ4v) is 2.94. The van der Waals surface area contributed by atoms with Gasteiger partial charge in [-0.3, -0.25) is 4.40 Å². The van der Waals surface area contributed by atoms with Gasteiger partial charge in [0.05, 0.1) is 12.6 Å². The number of fused-ring (bicyclic) bond motifs is 1. The second-order valence-corrected chi connectivity index (χ2v) is 6.64. The third-order valence-electron chi connectivity index (χ3n) is 4.53. The van der Waals surface area contributed by atoms with E-state index >= 15 is 0 Å². The lowest BCUT2D eigenvalue weighted by atomic mass is 10.2. The van der Waals surface area contributed by atoms with E-state index in [4.69, 9.17) is 4.74 Å². The van der Waals surface area contributed by atoms with Gasteiger partial charge in [-0.15, -0.1) is 10.2 Å². The van der Waals surface area contributed by atoms with E-state index in [2.05, 4.69) is 41.5 Å². The van der Waals surface area contributed by atoms with Gasteiger partial charge in [-0.25, -0.2) is 0 Å². The molecule has 0 aliphatic rings. The van der Waals surface area contributed by atoms with Crippen molar-refractivity contribution in [2.24, 2.45) is 0 Å². The second-order valence-electron chi connectivity index (χ2n) is 6.64. The van der Waals surface area contributed by atoms with Crippen LogP contribution in [-0.2, 0) is 6.54 Å². The quantitative estimate of drug-likeness (QED) is 0.544. The molecule has 0 amide bonds. The standard InChI is InChI=1S/C21H28N4O/c1-3-4-5-8-15-26-19-12-10-18(11-13-19)16-22-17(2)21-24-23-20-9-6-7-14-25(20)21/h6-7,9-14,17,22H,3-5,8,15-16H2,1-2H3. The lowest BCUT2D eigenvalue weighted by molar-refractivity contribution is 0.305. The number of pyridine rings is 1. The van der Waals surface area contributed by atoms with Gasteiger partial charge in [0.1, 0.15) is 5.75 Å². The van der Waals surface area contributed by atoms with Gasteiger partial charge >= 0.3 is 0 Å². The van der Waals surface area contributed by atoms with E-state index in [1.807, 2.05) is 40.9 Å². The Morgan fingerprint density at radius 2 is 1.88 bits per heavy atom. The van der Waals surface area contributed by atoms with Crippen molar-refractivity contribution in [1.29, 1.82) is 0 Å². The van der Waals surface area contributed by atoms with Crippen LogP contribution < -0.4 is 10.1 Å². The molecule has 26 heavy (non-hydrogen) atoms. The lowest BCUT2D eigenvalue weighted by Crippen LogP contribution is -2.20. The highest BCUT2D eigenvalue weighted by Gasteiger charge is 2.12. The summed E-state index contributed by atoms with van der Waals surface area (Å²) in [6.45, 7) is 5.91. The summed E-state index contributed by atoms with van der Waals surface area (Å²) in [5.41, 5.74) is 2.10. The van der Waals surface area contributed by atoms with Crippen LogP contribution in [0.3, 0.4) is 0 Å². The first-order chi connectivity index (χ1) is 12.8. The molecule has 1 aromatic carbocycles. The third-order valence-corrected chi connectivity index (χ3v) is 4.53. The number of benzene rings is 1. The van der Waals surface area contributed by atoms with E-state index < -0.39 is 0 Å². The Labute approximate surface area is 155 Å². The van der Waals surface area contributed by atoms with E-state index in [9.17, 15) is 0 Å². The highest BCUT2D eigenvalue weighted by atomic mass is 16.5. The molecule has 0 aliphatic carbocycles. The number of hydrogen-bond acceptors (Lipinski definition) is 4. The molecule has 0 bridgehead atoms. The highest BCUT2D eigenvalue weighted by molar-refractivity contribution is 5.37. The van der Waals surface area contributed by atoms with Gasteiger partial charge in [0.15, 0.2) is 11.5 Å². The Morgan fingerprint density at radius 1 is 1.04 bits per heavy atom. The Morgan fingerprint density at radius 3 is 2.69 bits per heavy atom. The van der Waals surface area contributed by atoms with E-state index in [0.29, 0.717) is 0 Å². The molecule has 0 spiro atoms. The zero-order chi connectivity index (χ0) is 18.2. The summed E-state index contributed by atoms with van der Waals surface area (Å²) in [4.78, 5) is 0. The van der Waals surface area contributed by atoms with Crippen LogP contribution >= 0.6 is 0 Å². The summed E-state index contributed by atoms with van der Waals surface area (Å²) >= 11 is 0. The van der Waals surface area contributed by atoms with Crippen molar-refractivity contribution in [3.05, 3.63) is 60.0 Å². The zero-order valence-electron chi connectivity index (χ0n) is 15.7. The largest absolute Gasteiger partial charge is 0.494 e. The molecule has 0 saturated carbocycles. The van der Waals surface area contributed by atoms with Gasteiger partial charge in [-0.2, -0.15) is 0 Å². The predicted octanol–water partition coefficient (Wildman–Crippen LogP) is 4.54. The number of hydrogen-bond donors (Lipinski definition) is 1. The van der Waals surface area contributed by atoms with Crippen LogP contribution in [0.15, 0.2) is 48.7 Å². The predicted molar refractivity (Wildman–Crippen MR) is 104 cm³/mol. The third kappa shape index (κ3) is 4.82. The minimum atomic E-state index is 0.113. The normalized spacial score (nSPS) is 12.4. The van der Waals surface area contributed by atoms with Crippen LogP contribution in [0.5, 0.6) is 5.75 Å². The van der Waals surface area contributed by atoms with Crippen molar-refractivity contribution >= 4 is 5.65 Å². The number of aromatic nitrogens is 3. The van der Waals surface area contributed by atoms with Gasteiger partial charge in [-0.05, 0) is 43.2 Å². The number of rotatable bonds is 10. The molecule has 5 nitrogen and oxygen atoms in total. The molecule has 1 N–H and O–H groups in total. The van der Waals surface area contributed by atoms with Gasteiger partial charge in [0.2, 0.25) is 0 Å². The van der Waals surface area contributed by atoms with Crippen molar-refractivity contribution in [3.8, 4) is 5.75 Å². The van der Waals surface area contributed by atoms with E-state index in [0.717, 1.165) is 36.8 Å². The monoisotopic (exact) mass is 352 g/mol. The maximum atomic E-state index is 5.80. The van der Waals surface area contributed by atoms with Crippen molar-refractivity contribution in [2.75, 3.05) is 6.61 Å². The molecular weight excluding hydrogens is 324 g/mol. The number of unbranched alkanes of at least 4 members (excludes halogenated alkanes) is 3. The van der Waals surface area contributed by atoms with Crippen molar-refractivity contribution in [2.45, 2.75) is 52.1 Å². The number of nitrogens with one attached hydrogen (secondary N) is 1. The summed E-state index contributed by atoms with van der Waals surface area (Å²) in [5.74, 6) is 1.87. The summed E-state index contributed by atoms with van der Waals surface area (Å²) in [7, 11) is 0. The molecule has 2 heterocycles. The van der Waals surface area contributed by atoms with Crippen LogP contribution in [0.2, 0.25) is 0 Å². The van der Waals surface area contributed by atoms with Crippen LogP contribution in [-0.4, -0.2) is 21.2 Å². The fraction of sp³-hybridized carbons (Fsp3) is 0.429. The molecule has 0 fully saturated rings. The Balaban J connectivity index is 1.48. The maximum absolute atomic E-state index is 5.80. The highest BCUT2D eigenvalue weighted by Crippen LogP contribution is 2.15. The lowest BCUT2D eigenvalue weighted by Gasteiger charge is -2.13. The smallest absolute Gasteiger partial charge is 0.160 e. The van der Waals surface area contributed by atoms with Crippen molar-refractivity contribution in [3.63, 3.8) is 0 Å². The van der Waals surface area contributed by atoms with E-state index in [-0.39, 0.29) is 6.04 Å². The van der Waals surface area contributed by atoms with Gasteiger partial charge in [0.25, 0.3) is 0 Å². The Kier molecular flexibility index (Phi) is 6.61. The van der Waals surface area contributed by atoms with Crippen LogP contribution in [0.4, 0.5) is 0 Å². The average Bonchev–Trinajstić information content (AvgIpc) is 3.11. The molecule has 1 atom stereocenters. The summed E-state index contributed by atoms with van der Waals surface area (Å²) < 4.78 is 7.82. The van der Waals surface area contributed by atoms with Gasteiger partial charge in [-0.1, -0.05) is 44.4 Å². The fourth-order valence-electron chi connectivity index (χ4n) is 2.94. The molecule has 0 aliphatic heterocycles. The molecule has 138 valence electrons. The maximum Gasteiger partial charge on any atom is 0.160 e. The molecule has 2 aromatic heterocycles. The molecule has 1 unspecified atom stereocenters. The molecule has 3 aromatic rings. The SMILES string of the molecule is CCCCCCOc1ccc(CNC(C)c2nnc3ccccn23)cc1. The molecular formula is C21H28N4O. The van der Waals surface area contributed by atoms with Crippen LogP contribution in [0.25, 0.3) is 5.65 Å². The van der Waals surface area contributed by atoms with Crippen molar-refractivity contribution in [1.82, 2.24) is 19.9 Å². The number of ether oxygens (including phenoxy) is 1. The van der Waals surface area contributed by atoms with Gasteiger partial charge in [0, 0.05) is 12.7 Å². The van der Waals surface area contributed by atoms with Crippen LogP contribution in [0.1, 0.15) is 57.0 Å². The Bertz CT molecular complexity index is 797. The minimum absolute atomic E-state index is 0.113. The zero-order valence-corrected chi connectivity index (χ0v) is 15.7. The summed E-state index contributed by atoms with van der Waals surface area (Å²) in [5, 5.41) is 12.0.